The monoisotopic (exact) mass is 313 g/mol. The summed E-state index contributed by atoms with van der Waals surface area (Å²) in [5, 5.41) is 5.97. The Morgan fingerprint density at radius 2 is 2.14 bits per heavy atom. The predicted octanol–water partition coefficient (Wildman–Crippen LogP) is 3.53. The molecule has 1 aliphatic heterocycles. The second kappa shape index (κ2) is 5.76. The van der Waals surface area contributed by atoms with Crippen molar-refractivity contribution in [1.82, 2.24) is 15.2 Å². The summed E-state index contributed by atoms with van der Waals surface area (Å²) in [6.07, 6.45) is 7.81. The molecule has 1 aliphatic carbocycles. The predicted molar refractivity (Wildman–Crippen MR) is 92.0 cm³/mol. The van der Waals surface area contributed by atoms with Crippen LogP contribution in [0.25, 0.3) is 11.1 Å². The zero-order valence-electron chi connectivity index (χ0n) is 13.1. The van der Waals surface area contributed by atoms with Crippen LogP contribution in [-0.4, -0.2) is 34.6 Å². The molecule has 1 N–H and O–H groups in total. The fourth-order valence-electron chi connectivity index (χ4n) is 3.90. The molecule has 0 bridgehead atoms. The van der Waals surface area contributed by atoms with E-state index in [4.69, 9.17) is 0 Å². The van der Waals surface area contributed by atoms with Crippen LogP contribution < -0.4 is 5.32 Å². The van der Waals surface area contributed by atoms with Gasteiger partial charge in [0, 0.05) is 35.4 Å². The smallest absolute Gasteiger partial charge is 0.0350 e. The Balaban J connectivity index is 1.47. The lowest BCUT2D eigenvalue weighted by molar-refractivity contribution is -0.0316. The highest BCUT2D eigenvalue weighted by molar-refractivity contribution is 7.10. The molecular formula is C18H23N3S. The molecule has 22 heavy (non-hydrogen) atoms. The zero-order valence-corrected chi connectivity index (χ0v) is 13.9. The van der Waals surface area contributed by atoms with E-state index in [1.54, 1.807) is 0 Å². The van der Waals surface area contributed by atoms with Crippen LogP contribution in [0.2, 0.25) is 0 Å². The van der Waals surface area contributed by atoms with Crippen molar-refractivity contribution in [1.29, 1.82) is 0 Å². The van der Waals surface area contributed by atoms with Gasteiger partial charge in [-0.1, -0.05) is 6.92 Å². The van der Waals surface area contributed by atoms with Crippen LogP contribution in [0, 0.1) is 0 Å². The first kappa shape index (κ1) is 14.4. The summed E-state index contributed by atoms with van der Waals surface area (Å²) in [7, 11) is 0. The molecule has 0 radical (unpaired) electrons. The van der Waals surface area contributed by atoms with E-state index in [9.17, 15) is 0 Å². The molecule has 1 spiro atoms. The van der Waals surface area contributed by atoms with E-state index in [-0.39, 0.29) is 0 Å². The second-order valence-electron chi connectivity index (χ2n) is 6.49. The average Bonchev–Trinajstić information content (AvgIpc) is 2.93. The Morgan fingerprint density at radius 3 is 2.73 bits per heavy atom. The summed E-state index contributed by atoms with van der Waals surface area (Å²) in [4.78, 5) is 8.23. The largest absolute Gasteiger partial charge is 0.310 e. The second-order valence-corrected chi connectivity index (χ2v) is 7.48. The quantitative estimate of drug-likeness (QED) is 0.915. The van der Waals surface area contributed by atoms with Crippen LogP contribution in [-0.2, 0) is 6.54 Å². The van der Waals surface area contributed by atoms with E-state index in [0.29, 0.717) is 5.54 Å². The minimum absolute atomic E-state index is 0.460. The normalized spacial score (nSPS) is 26.9. The van der Waals surface area contributed by atoms with Gasteiger partial charge in [-0.3, -0.25) is 9.88 Å². The first-order valence-electron chi connectivity index (χ1n) is 8.28. The molecule has 4 rings (SSSR count). The summed E-state index contributed by atoms with van der Waals surface area (Å²) in [6.45, 7) is 5.72. The van der Waals surface area contributed by atoms with Crippen LogP contribution in [0.4, 0.5) is 0 Å². The van der Waals surface area contributed by atoms with Crippen LogP contribution in [0.5, 0.6) is 0 Å². The summed E-state index contributed by atoms with van der Waals surface area (Å²) in [5.74, 6) is 0. The van der Waals surface area contributed by atoms with Crippen LogP contribution in [0.3, 0.4) is 0 Å². The van der Waals surface area contributed by atoms with Gasteiger partial charge in [0.15, 0.2) is 0 Å². The van der Waals surface area contributed by atoms with Crippen molar-refractivity contribution in [2.75, 3.05) is 13.1 Å². The molecule has 0 amide bonds. The van der Waals surface area contributed by atoms with E-state index in [2.05, 4.69) is 45.7 Å². The topological polar surface area (TPSA) is 28.2 Å². The third-order valence-corrected chi connectivity index (χ3v) is 6.34. The molecule has 2 unspecified atom stereocenters. The zero-order chi connectivity index (χ0) is 15.0. The lowest BCUT2D eigenvalue weighted by Crippen LogP contribution is -2.73. The van der Waals surface area contributed by atoms with Gasteiger partial charge >= 0.3 is 0 Å². The first-order chi connectivity index (χ1) is 10.8. The minimum atomic E-state index is 0.460. The summed E-state index contributed by atoms with van der Waals surface area (Å²) < 4.78 is 0. The van der Waals surface area contributed by atoms with Crippen molar-refractivity contribution in [3.8, 4) is 11.1 Å². The maximum atomic E-state index is 4.10. The number of rotatable bonds is 5. The highest BCUT2D eigenvalue weighted by atomic mass is 32.1. The standard InChI is InChI=1S/C18H23N3S/c1-2-21(17-3-6-18(17)7-10-20-18)12-16-11-15(13-22-16)14-4-8-19-9-5-14/h4-5,8-9,11,13,17,20H,2-3,6-7,10,12H2,1H3. The molecule has 0 aromatic carbocycles. The van der Waals surface area contributed by atoms with Crippen molar-refractivity contribution in [3.63, 3.8) is 0 Å². The van der Waals surface area contributed by atoms with Crippen molar-refractivity contribution in [3.05, 3.63) is 40.8 Å². The van der Waals surface area contributed by atoms with Crippen molar-refractivity contribution < 1.29 is 0 Å². The van der Waals surface area contributed by atoms with Gasteiger partial charge in [-0.05, 0) is 67.1 Å². The molecule has 3 heterocycles. The number of hydrogen-bond acceptors (Lipinski definition) is 4. The number of pyridine rings is 1. The number of hydrogen-bond donors (Lipinski definition) is 1. The molecule has 2 fully saturated rings. The Hall–Kier alpha value is -1.23. The molecule has 2 atom stereocenters. The number of nitrogens with zero attached hydrogens (tertiary/aromatic N) is 2. The Morgan fingerprint density at radius 1 is 1.32 bits per heavy atom. The van der Waals surface area contributed by atoms with Gasteiger partial charge in [-0.15, -0.1) is 11.3 Å². The van der Waals surface area contributed by atoms with E-state index >= 15 is 0 Å². The number of aromatic nitrogens is 1. The summed E-state index contributed by atoms with van der Waals surface area (Å²) >= 11 is 1.88. The van der Waals surface area contributed by atoms with Gasteiger partial charge < -0.3 is 5.32 Å². The van der Waals surface area contributed by atoms with Gasteiger partial charge in [-0.25, -0.2) is 0 Å². The van der Waals surface area contributed by atoms with Crippen molar-refractivity contribution >= 4 is 11.3 Å². The van der Waals surface area contributed by atoms with Gasteiger partial charge in [0.05, 0.1) is 0 Å². The maximum absolute atomic E-state index is 4.10. The molecule has 4 heteroatoms. The van der Waals surface area contributed by atoms with Crippen LogP contribution in [0.1, 0.15) is 31.1 Å². The van der Waals surface area contributed by atoms with Gasteiger partial charge in [0.1, 0.15) is 0 Å². The molecular weight excluding hydrogens is 290 g/mol. The minimum Gasteiger partial charge on any atom is -0.310 e. The Kier molecular flexibility index (Phi) is 3.76. The summed E-state index contributed by atoms with van der Waals surface area (Å²) in [5.41, 5.74) is 3.05. The van der Waals surface area contributed by atoms with E-state index < -0.39 is 0 Å². The van der Waals surface area contributed by atoms with E-state index in [0.717, 1.165) is 19.1 Å². The molecule has 2 aromatic rings. The highest BCUT2D eigenvalue weighted by Crippen LogP contribution is 2.43. The first-order valence-corrected chi connectivity index (χ1v) is 9.15. The fraction of sp³-hybridized carbons (Fsp3) is 0.500. The summed E-state index contributed by atoms with van der Waals surface area (Å²) in [6, 6.07) is 7.26. The van der Waals surface area contributed by atoms with E-state index in [1.165, 1.54) is 41.8 Å². The van der Waals surface area contributed by atoms with Gasteiger partial charge in [0.2, 0.25) is 0 Å². The maximum Gasteiger partial charge on any atom is 0.0350 e. The SMILES string of the molecule is CCN(Cc1cc(-c2ccncc2)cs1)C1CCC12CCN2. The molecule has 1 saturated heterocycles. The molecule has 3 nitrogen and oxygen atoms in total. The number of likely N-dealkylation sites (N-methyl/N-ethyl adjacent to an activating group) is 1. The van der Waals surface area contributed by atoms with Crippen molar-refractivity contribution in [2.45, 2.75) is 44.3 Å². The number of thiophene rings is 1. The molecule has 116 valence electrons. The average molecular weight is 313 g/mol. The highest BCUT2D eigenvalue weighted by Gasteiger charge is 2.52. The fourth-order valence-corrected chi connectivity index (χ4v) is 4.82. The Bertz CT molecular complexity index is 627. The third-order valence-electron chi connectivity index (χ3n) is 5.42. The molecule has 1 saturated carbocycles. The van der Waals surface area contributed by atoms with Gasteiger partial charge in [-0.2, -0.15) is 0 Å². The van der Waals surface area contributed by atoms with Crippen LogP contribution >= 0.6 is 11.3 Å². The van der Waals surface area contributed by atoms with Gasteiger partial charge in [0.25, 0.3) is 0 Å². The number of nitrogens with one attached hydrogen (secondary N) is 1. The third kappa shape index (κ3) is 2.39. The van der Waals surface area contributed by atoms with Crippen molar-refractivity contribution in [2.24, 2.45) is 0 Å². The van der Waals surface area contributed by atoms with E-state index in [1.807, 2.05) is 23.7 Å². The Labute approximate surface area is 136 Å². The lowest BCUT2D eigenvalue weighted by atomic mass is 9.64. The molecule has 2 aromatic heterocycles. The van der Waals surface area contributed by atoms with Crippen LogP contribution in [0.15, 0.2) is 36.0 Å². The lowest BCUT2D eigenvalue weighted by Gasteiger charge is -2.60. The molecule has 2 aliphatic rings.